The molecule has 0 radical (unpaired) electrons. The summed E-state index contributed by atoms with van der Waals surface area (Å²) in [6.07, 6.45) is 1.47. The van der Waals surface area contributed by atoms with Gasteiger partial charge in [-0.25, -0.2) is 4.79 Å². The number of carbonyl (C=O) groups excluding carboxylic acids is 4. The predicted octanol–water partition coefficient (Wildman–Crippen LogP) is 5.41. The molecule has 10 heteroatoms. The van der Waals surface area contributed by atoms with Crippen LogP contribution < -0.4 is 15.0 Å². The Labute approximate surface area is 267 Å². The van der Waals surface area contributed by atoms with Crippen molar-refractivity contribution >= 4 is 29.5 Å². The van der Waals surface area contributed by atoms with Crippen LogP contribution in [0.5, 0.6) is 5.75 Å². The molecule has 2 aliphatic heterocycles. The quantitative estimate of drug-likeness (QED) is 0.423. The first-order valence-electron chi connectivity index (χ1n) is 15.9. The van der Waals surface area contributed by atoms with Crippen LogP contribution in [-0.4, -0.2) is 77.5 Å². The Balaban J connectivity index is 1.69. The lowest BCUT2D eigenvalue weighted by Gasteiger charge is -2.43. The summed E-state index contributed by atoms with van der Waals surface area (Å²) in [7, 11) is 0. The second kappa shape index (κ2) is 13.5. The number of amides is 4. The molecule has 1 fully saturated rings. The van der Waals surface area contributed by atoms with Crippen molar-refractivity contribution in [3.8, 4) is 5.75 Å². The van der Waals surface area contributed by atoms with Crippen molar-refractivity contribution in [2.75, 3.05) is 31.1 Å². The van der Waals surface area contributed by atoms with Crippen LogP contribution in [0.4, 0.5) is 10.5 Å². The number of ether oxygens (including phenoxy) is 2. The van der Waals surface area contributed by atoms with Crippen molar-refractivity contribution in [2.45, 2.75) is 97.9 Å². The molecule has 2 aliphatic rings. The van der Waals surface area contributed by atoms with Crippen LogP contribution in [0.15, 0.2) is 42.5 Å². The number of hydrogen-bond acceptors (Lipinski definition) is 6. The number of nitrogens with zero attached hydrogens (tertiary/aromatic N) is 3. The molecule has 0 bridgehead atoms. The molecule has 1 unspecified atom stereocenters. The normalized spacial score (nSPS) is 19.9. The number of fused-ring (bicyclic) bond motifs is 1. The molecular formula is C35H48N4O6. The fourth-order valence-electron chi connectivity index (χ4n) is 6.05. The predicted molar refractivity (Wildman–Crippen MR) is 173 cm³/mol. The fourth-order valence-corrected chi connectivity index (χ4v) is 6.05. The van der Waals surface area contributed by atoms with Crippen LogP contribution >= 0.6 is 0 Å². The highest BCUT2D eigenvalue weighted by Crippen LogP contribution is 2.44. The van der Waals surface area contributed by atoms with Gasteiger partial charge < -0.3 is 29.5 Å². The van der Waals surface area contributed by atoms with Gasteiger partial charge >= 0.3 is 6.09 Å². The number of piperidine rings is 1. The first kappa shape index (κ1) is 33.8. The third-order valence-electron chi connectivity index (χ3n) is 8.33. The Kier molecular flexibility index (Phi) is 10.1. The van der Waals surface area contributed by atoms with E-state index in [0.29, 0.717) is 47.6 Å². The number of carbonyl (C=O) groups is 4. The summed E-state index contributed by atoms with van der Waals surface area (Å²) >= 11 is 0. The van der Waals surface area contributed by atoms with Crippen LogP contribution in [-0.2, 0) is 19.9 Å². The zero-order chi connectivity index (χ0) is 33.1. The Morgan fingerprint density at radius 2 is 1.84 bits per heavy atom. The Hall–Kier alpha value is -4.08. The van der Waals surface area contributed by atoms with Gasteiger partial charge in [0.25, 0.3) is 11.8 Å². The molecule has 0 spiro atoms. The maximum absolute atomic E-state index is 14.4. The maximum atomic E-state index is 14.4. The lowest BCUT2D eigenvalue weighted by Crippen LogP contribution is -2.55. The van der Waals surface area contributed by atoms with Crippen molar-refractivity contribution in [1.29, 1.82) is 0 Å². The van der Waals surface area contributed by atoms with Gasteiger partial charge in [0.15, 0.2) is 0 Å². The van der Waals surface area contributed by atoms with Gasteiger partial charge in [-0.1, -0.05) is 37.3 Å². The Bertz CT molecular complexity index is 1420. The van der Waals surface area contributed by atoms with E-state index in [2.05, 4.69) is 5.32 Å². The number of benzene rings is 2. The number of nitrogens with one attached hydrogen (secondary N) is 1. The van der Waals surface area contributed by atoms with Crippen molar-refractivity contribution in [3.63, 3.8) is 0 Å². The topological polar surface area (TPSA) is 108 Å². The van der Waals surface area contributed by atoms with Gasteiger partial charge in [-0.15, -0.1) is 0 Å². The SMILES string of the molecule is CCC(=O)NCCN1C(=O)C(C)(c2ccccc2)Oc2cc(C)c(C(=O)N(C(C)C)[C@@H]3CCCN(C(=O)OC(C)(C)C)C3)cc21. The zero-order valence-corrected chi connectivity index (χ0v) is 27.9. The van der Waals surface area contributed by atoms with Gasteiger partial charge in [-0.2, -0.15) is 0 Å². The van der Waals surface area contributed by atoms with E-state index in [1.165, 1.54) is 0 Å². The molecular weight excluding hydrogens is 572 g/mol. The summed E-state index contributed by atoms with van der Waals surface area (Å²) in [6, 6.07) is 12.5. The summed E-state index contributed by atoms with van der Waals surface area (Å²) in [5, 5.41) is 2.86. The van der Waals surface area contributed by atoms with Crippen molar-refractivity contribution < 1.29 is 28.7 Å². The van der Waals surface area contributed by atoms with Crippen LogP contribution in [0, 0.1) is 6.92 Å². The van der Waals surface area contributed by atoms with E-state index >= 15 is 0 Å². The molecule has 2 atom stereocenters. The average Bonchev–Trinajstić information content (AvgIpc) is 2.98. The summed E-state index contributed by atoms with van der Waals surface area (Å²) < 4.78 is 12.1. The van der Waals surface area contributed by atoms with Gasteiger partial charge in [-0.3, -0.25) is 14.4 Å². The maximum Gasteiger partial charge on any atom is 0.410 e. The van der Waals surface area contributed by atoms with Gasteiger partial charge in [0.2, 0.25) is 11.5 Å². The molecule has 1 saturated heterocycles. The highest BCUT2D eigenvalue weighted by Gasteiger charge is 2.46. The van der Waals surface area contributed by atoms with Crippen LogP contribution in [0.1, 0.15) is 89.2 Å². The lowest BCUT2D eigenvalue weighted by atomic mass is 9.91. The number of anilines is 1. The molecule has 0 aliphatic carbocycles. The summed E-state index contributed by atoms with van der Waals surface area (Å²) in [4.78, 5) is 58.6. The Morgan fingerprint density at radius 3 is 2.47 bits per heavy atom. The smallest absolute Gasteiger partial charge is 0.410 e. The minimum Gasteiger partial charge on any atom is -0.471 e. The fraction of sp³-hybridized carbons (Fsp3) is 0.543. The molecule has 4 rings (SSSR count). The van der Waals surface area contributed by atoms with E-state index in [-0.39, 0.29) is 49.0 Å². The third kappa shape index (κ3) is 7.43. The van der Waals surface area contributed by atoms with E-state index in [1.807, 2.05) is 82.8 Å². The highest BCUT2D eigenvalue weighted by molar-refractivity contribution is 6.05. The number of rotatable bonds is 8. The molecule has 2 aromatic carbocycles. The van der Waals surface area contributed by atoms with E-state index in [9.17, 15) is 19.2 Å². The van der Waals surface area contributed by atoms with E-state index in [4.69, 9.17) is 9.47 Å². The monoisotopic (exact) mass is 620 g/mol. The van der Waals surface area contributed by atoms with E-state index in [0.717, 1.165) is 12.8 Å². The first-order chi connectivity index (χ1) is 21.2. The second-order valence-electron chi connectivity index (χ2n) is 13.3. The molecule has 2 heterocycles. The van der Waals surface area contributed by atoms with Gasteiger partial charge in [0.05, 0.1) is 11.7 Å². The molecule has 10 nitrogen and oxygen atoms in total. The van der Waals surface area contributed by atoms with Crippen LogP contribution in [0.25, 0.3) is 0 Å². The van der Waals surface area contributed by atoms with Gasteiger partial charge in [0.1, 0.15) is 11.4 Å². The zero-order valence-electron chi connectivity index (χ0n) is 27.9. The summed E-state index contributed by atoms with van der Waals surface area (Å²) in [5.41, 5.74) is 0.458. The van der Waals surface area contributed by atoms with E-state index < -0.39 is 11.2 Å². The van der Waals surface area contributed by atoms with Crippen molar-refractivity contribution in [1.82, 2.24) is 15.1 Å². The average molecular weight is 621 g/mol. The first-order valence-corrected chi connectivity index (χ1v) is 15.9. The molecule has 2 aromatic rings. The number of hydrogen-bond donors (Lipinski definition) is 1. The minimum atomic E-state index is -1.29. The van der Waals surface area contributed by atoms with E-state index in [1.54, 1.807) is 29.7 Å². The lowest BCUT2D eigenvalue weighted by molar-refractivity contribution is -0.135. The molecule has 244 valence electrons. The van der Waals surface area contributed by atoms with Gasteiger partial charge in [-0.05, 0) is 79.0 Å². The molecule has 4 amide bonds. The third-order valence-corrected chi connectivity index (χ3v) is 8.33. The second-order valence-corrected chi connectivity index (χ2v) is 13.3. The summed E-state index contributed by atoms with van der Waals surface area (Å²) in [5.74, 6) is -0.0803. The minimum absolute atomic E-state index is 0.109. The van der Waals surface area contributed by atoms with Crippen LogP contribution in [0.2, 0.25) is 0 Å². The molecule has 1 N–H and O–H groups in total. The van der Waals surface area contributed by atoms with Crippen LogP contribution in [0.3, 0.4) is 0 Å². The number of aryl methyl sites for hydroxylation is 1. The number of likely N-dealkylation sites (tertiary alicyclic amines) is 1. The van der Waals surface area contributed by atoms with Gasteiger partial charge in [0, 0.05) is 49.8 Å². The highest BCUT2D eigenvalue weighted by atomic mass is 16.6. The molecule has 0 saturated carbocycles. The molecule has 45 heavy (non-hydrogen) atoms. The Morgan fingerprint density at radius 1 is 1.16 bits per heavy atom. The van der Waals surface area contributed by atoms with Crippen molar-refractivity contribution in [3.05, 3.63) is 59.2 Å². The standard InChI is InChI=1S/C35H48N4O6/c1-9-30(40)36-17-19-38-28-21-27(24(4)20-29(28)44-35(8,32(38)42)25-14-11-10-12-15-25)31(41)39(23(2)3)26-16-13-18-37(22-26)33(43)45-34(5,6)7/h10-12,14-15,20-21,23,26H,9,13,16-19,22H2,1-8H3,(H,36,40)/t26-,35?/m1/s1. The van der Waals surface area contributed by atoms with Crippen molar-refractivity contribution in [2.24, 2.45) is 0 Å². The largest absolute Gasteiger partial charge is 0.471 e. The summed E-state index contributed by atoms with van der Waals surface area (Å²) in [6.45, 7) is 16.3. The molecule has 0 aromatic heterocycles.